The highest BCUT2D eigenvalue weighted by Gasteiger charge is 2.19. The topological polar surface area (TPSA) is 92.4 Å². The maximum absolute atomic E-state index is 12.1. The molecule has 0 spiro atoms. The summed E-state index contributed by atoms with van der Waals surface area (Å²) in [5, 5.41) is 12.5. The number of nitrogens with one attached hydrogen (secondary N) is 1. The SMILES string of the molecule is O=C(O)CC(Cc1ccc(-c2cccc(Cl)c2)cc1)NC(=O)c1cnco1. The molecule has 3 aromatic rings. The van der Waals surface area contributed by atoms with E-state index in [1.54, 1.807) is 0 Å². The lowest BCUT2D eigenvalue weighted by atomic mass is 9.99. The molecule has 1 heterocycles. The van der Waals surface area contributed by atoms with Crippen molar-refractivity contribution in [3.8, 4) is 11.1 Å². The number of hydrogen-bond donors (Lipinski definition) is 2. The van der Waals surface area contributed by atoms with E-state index in [9.17, 15) is 9.59 Å². The maximum Gasteiger partial charge on any atom is 0.305 e. The molecule has 6 nitrogen and oxygen atoms in total. The first-order valence-corrected chi connectivity index (χ1v) is 8.65. The van der Waals surface area contributed by atoms with Crippen LogP contribution in [-0.2, 0) is 11.2 Å². The molecule has 138 valence electrons. The van der Waals surface area contributed by atoms with Crippen LogP contribution in [-0.4, -0.2) is 28.0 Å². The van der Waals surface area contributed by atoms with Crippen LogP contribution in [0.3, 0.4) is 0 Å². The minimum atomic E-state index is -0.992. The van der Waals surface area contributed by atoms with E-state index in [2.05, 4.69) is 10.3 Å². The summed E-state index contributed by atoms with van der Waals surface area (Å²) in [6.45, 7) is 0. The number of carbonyl (C=O) groups excluding carboxylic acids is 1. The number of carbonyl (C=O) groups is 2. The Morgan fingerprint density at radius 3 is 2.56 bits per heavy atom. The van der Waals surface area contributed by atoms with E-state index < -0.39 is 17.9 Å². The van der Waals surface area contributed by atoms with Gasteiger partial charge in [0.2, 0.25) is 5.76 Å². The molecular formula is C20H17ClN2O4. The molecule has 27 heavy (non-hydrogen) atoms. The fraction of sp³-hybridized carbons (Fsp3) is 0.150. The predicted molar refractivity (Wildman–Crippen MR) is 101 cm³/mol. The molecule has 1 amide bonds. The van der Waals surface area contributed by atoms with E-state index in [4.69, 9.17) is 21.1 Å². The van der Waals surface area contributed by atoms with Gasteiger partial charge in [-0.15, -0.1) is 0 Å². The van der Waals surface area contributed by atoms with Crippen molar-refractivity contribution in [2.24, 2.45) is 0 Å². The summed E-state index contributed by atoms with van der Waals surface area (Å²) < 4.78 is 4.94. The molecule has 3 rings (SSSR count). The van der Waals surface area contributed by atoms with Crippen LogP contribution >= 0.6 is 11.6 Å². The van der Waals surface area contributed by atoms with Crippen molar-refractivity contribution in [1.82, 2.24) is 10.3 Å². The third kappa shape index (κ3) is 5.18. The van der Waals surface area contributed by atoms with Gasteiger partial charge in [0.25, 0.3) is 5.91 Å². The summed E-state index contributed by atoms with van der Waals surface area (Å²) >= 11 is 6.03. The molecule has 1 aromatic heterocycles. The molecule has 2 aromatic carbocycles. The Morgan fingerprint density at radius 1 is 1.15 bits per heavy atom. The van der Waals surface area contributed by atoms with Gasteiger partial charge in [0.05, 0.1) is 12.6 Å². The van der Waals surface area contributed by atoms with Crippen molar-refractivity contribution in [2.45, 2.75) is 18.9 Å². The van der Waals surface area contributed by atoms with Crippen LogP contribution in [0.2, 0.25) is 5.02 Å². The van der Waals surface area contributed by atoms with Crippen molar-refractivity contribution in [3.05, 3.63) is 77.5 Å². The minimum absolute atomic E-state index is 0.0432. The summed E-state index contributed by atoms with van der Waals surface area (Å²) in [5.41, 5.74) is 2.90. The number of carboxylic acid groups (broad SMARTS) is 1. The van der Waals surface area contributed by atoms with Gasteiger partial charge >= 0.3 is 5.97 Å². The second kappa shape index (κ2) is 8.51. The zero-order valence-electron chi connectivity index (χ0n) is 14.3. The minimum Gasteiger partial charge on any atom is -0.481 e. The number of amides is 1. The van der Waals surface area contributed by atoms with Crippen molar-refractivity contribution in [2.75, 3.05) is 0 Å². The van der Waals surface area contributed by atoms with E-state index in [1.165, 1.54) is 6.20 Å². The van der Waals surface area contributed by atoms with Gasteiger partial charge in [-0.25, -0.2) is 4.98 Å². The third-order valence-electron chi connectivity index (χ3n) is 4.01. The summed E-state index contributed by atoms with van der Waals surface area (Å²) in [5.74, 6) is -1.44. The first-order valence-electron chi connectivity index (χ1n) is 8.27. The Morgan fingerprint density at radius 2 is 1.93 bits per heavy atom. The normalized spacial score (nSPS) is 11.7. The fourth-order valence-corrected chi connectivity index (χ4v) is 2.95. The van der Waals surface area contributed by atoms with E-state index in [1.807, 2.05) is 48.5 Å². The van der Waals surface area contributed by atoms with E-state index >= 15 is 0 Å². The summed E-state index contributed by atoms with van der Waals surface area (Å²) in [6.07, 6.45) is 2.61. The average Bonchev–Trinajstić information content (AvgIpc) is 3.16. The Kier molecular flexibility index (Phi) is 5.88. The molecule has 0 aliphatic heterocycles. The number of halogens is 1. The van der Waals surface area contributed by atoms with Gasteiger partial charge in [-0.1, -0.05) is 48.0 Å². The Balaban J connectivity index is 1.71. The highest BCUT2D eigenvalue weighted by atomic mass is 35.5. The highest BCUT2D eigenvalue weighted by Crippen LogP contribution is 2.23. The Labute approximate surface area is 160 Å². The molecule has 0 bridgehead atoms. The number of aliphatic carboxylic acids is 1. The number of benzene rings is 2. The molecule has 2 N–H and O–H groups in total. The van der Waals surface area contributed by atoms with E-state index in [0.717, 1.165) is 23.1 Å². The quantitative estimate of drug-likeness (QED) is 0.646. The summed E-state index contributed by atoms with van der Waals surface area (Å²) in [4.78, 5) is 26.9. The Bertz CT molecular complexity index is 923. The van der Waals surface area contributed by atoms with Crippen LogP contribution in [0.4, 0.5) is 0 Å². The van der Waals surface area contributed by atoms with Gasteiger partial charge in [0, 0.05) is 11.1 Å². The lowest BCUT2D eigenvalue weighted by molar-refractivity contribution is -0.137. The second-order valence-electron chi connectivity index (χ2n) is 6.05. The third-order valence-corrected chi connectivity index (χ3v) is 4.24. The molecule has 0 saturated carbocycles. The number of rotatable bonds is 7. The maximum atomic E-state index is 12.1. The fourth-order valence-electron chi connectivity index (χ4n) is 2.76. The van der Waals surface area contributed by atoms with Crippen molar-refractivity contribution in [3.63, 3.8) is 0 Å². The van der Waals surface area contributed by atoms with Crippen molar-refractivity contribution in [1.29, 1.82) is 0 Å². The molecule has 0 saturated heterocycles. The second-order valence-corrected chi connectivity index (χ2v) is 6.48. The number of carboxylic acids is 1. The first-order chi connectivity index (χ1) is 13.0. The van der Waals surface area contributed by atoms with Gasteiger partial charge in [-0.2, -0.15) is 0 Å². The largest absolute Gasteiger partial charge is 0.481 e. The summed E-state index contributed by atoms with van der Waals surface area (Å²) in [6, 6.07) is 14.7. The Hall–Kier alpha value is -3.12. The van der Waals surface area contributed by atoms with Gasteiger partial charge in [0.15, 0.2) is 6.39 Å². The zero-order chi connectivity index (χ0) is 19.2. The van der Waals surface area contributed by atoms with Crippen LogP contribution in [0, 0.1) is 0 Å². The number of oxazole rings is 1. The average molecular weight is 385 g/mol. The highest BCUT2D eigenvalue weighted by molar-refractivity contribution is 6.30. The van der Waals surface area contributed by atoms with Crippen LogP contribution in [0.15, 0.2) is 65.5 Å². The molecule has 0 aliphatic carbocycles. The number of aromatic nitrogens is 1. The van der Waals surface area contributed by atoms with Gasteiger partial charge in [-0.3, -0.25) is 9.59 Å². The zero-order valence-corrected chi connectivity index (χ0v) is 15.0. The molecule has 7 heteroatoms. The molecular weight excluding hydrogens is 368 g/mol. The molecule has 0 fully saturated rings. The van der Waals surface area contributed by atoms with Gasteiger partial charge in [-0.05, 0) is 35.2 Å². The van der Waals surface area contributed by atoms with Crippen LogP contribution < -0.4 is 5.32 Å². The van der Waals surface area contributed by atoms with E-state index in [-0.39, 0.29) is 12.2 Å². The number of nitrogens with zero attached hydrogens (tertiary/aromatic N) is 1. The van der Waals surface area contributed by atoms with E-state index in [0.29, 0.717) is 11.4 Å². The van der Waals surface area contributed by atoms with Gasteiger partial charge in [0.1, 0.15) is 0 Å². The van der Waals surface area contributed by atoms with Crippen LogP contribution in [0.5, 0.6) is 0 Å². The smallest absolute Gasteiger partial charge is 0.305 e. The lowest BCUT2D eigenvalue weighted by Crippen LogP contribution is -2.38. The van der Waals surface area contributed by atoms with Crippen LogP contribution in [0.25, 0.3) is 11.1 Å². The van der Waals surface area contributed by atoms with Crippen molar-refractivity contribution >= 4 is 23.5 Å². The molecule has 1 unspecified atom stereocenters. The molecule has 0 aliphatic rings. The first kappa shape index (κ1) is 18.7. The lowest BCUT2D eigenvalue weighted by Gasteiger charge is -2.16. The van der Waals surface area contributed by atoms with Crippen molar-refractivity contribution < 1.29 is 19.1 Å². The monoisotopic (exact) mass is 384 g/mol. The van der Waals surface area contributed by atoms with Crippen LogP contribution in [0.1, 0.15) is 22.5 Å². The number of hydrogen-bond acceptors (Lipinski definition) is 4. The van der Waals surface area contributed by atoms with Gasteiger partial charge < -0.3 is 14.8 Å². The standard InChI is InChI=1S/C20H17ClN2O4/c21-16-3-1-2-15(9-16)14-6-4-13(5-7-14)8-17(10-19(24)25)23-20(26)18-11-22-12-27-18/h1-7,9,11-12,17H,8,10H2,(H,23,26)(H,24,25). The predicted octanol–water partition coefficient (Wildman–Crippen LogP) is 3.81. The summed E-state index contributed by atoms with van der Waals surface area (Å²) in [7, 11) is 0. The molecule has 0 radical (unpaired) electrons. The molecule has 1 atom stereocenters.